The second kappa shape index (κ2) is 5.72. The number of ether oxygens (including phenoxy) is 1. The van der Waals surface area contributed by atoms with Gasteiger partial charge in [0.05, 0.1) is 7.11 Å². The van der Waals surface area contributed by atoms with Crippen molar-refractivity contribution in [3.05, 3.63) is 47.6 Å². The average Bonchev–Trinajstić information content (AvgIpc) is 2.78. The number of methoxy groups -OCH3 is 1. The number of hydrogen-bond donors (Lipinski definition) is 0. The van der Waals surface area contributed by atoms with Gasteiger partial charge in [-0.25, -0.2) is 0 Å². The van der Waals surface area contributed by atoms with Gasteiger partial charge in [0.2, 0.25) is 0 Å². The third-order valence-electron chi connectivity index (χ3n) is 3.35. The van der Waals surface area contributed by atoms with E-state index in [2.05, 4.69) is 37.3 Å². The molecule has 1 atom stereocenters. The van der Waals surface area contributed by atoms with E-state index < -0.39 is 0 Å². The highest BCUT2D eigenvalue weighted by Gasteiger charge is 2.17. The molecule has 1 unspecified atom stereocenters. The summed E-state index contributed by atoms with van der Waals surface area (Å²) in [6.07, 6.45) is 10.7. The molecule has 0 saturated heterocycles. The first kappa shape index (κ1) is 12.0. The maximum absolute atomic E-state index is 5.17. The Morgan fingerprint density at radius 3 is 2.65 bits per heavy atom. The van der Waals surface area contributed by atoms with Crippen molar-refractivity contribution in [2.75, 3.05) is 7.11 Å². The van der Waals surface area contributed by atoms with Gasteiger partial charge in [-0.15, -0.1) is 0 Å². The first-order valence-electron chi connectivity index (χ1n) is 6.31. The van der Waals surface area contributed by atoms with Crippen molar-refractivity contribution in [3.63, 3.8) is 0 Å². The Morgan fingerprint density at radius 2 is 2.00 bits per heavy atom. The maximum atomic E-state index is 5.17. The normalized spacial score (nSPS) is 22.5. The Labute approximate surface area is 104 Å². The first-order valence-corrected chi connectivity index (χ1v) is 6.31. The van der Waals surface area contributed by atoms with Gasteiger partial charge < -0.3 is 4.74 Å². The first-order chi connectivity index (χ1) is 8.33. The van der Waals surface area contributed by atoms with Gasteiger partial charge in [-0.1, -0.05) is 35.9 Å². The minimum Gasteiger partial charge on any atom is -0.497 e. The van der Waals surface area contributed by atoms with Gasteiger partial charge in [0.1, 0.15) is 5.75 Å². The molecular formula is C16H20O. The van der Waals surface area contributed by atoms with E-state index in [1.807, 2.05) is 12.1 Å². The van der Waals surface area contributed by atoms with Crippen LogP contribution in [0.1, 0.15) is 31.7 Å². The summed E-state index contributed by atoms with van der Waals surface area (Å²) in [6, 6.07) is 8.28. The van der Waals surface area contributed by atoms with Crippen molar-refractivity contribution in [2.45, 2.75) is 26.2 Å². The molecule has 90 valence electrons. The highest BCUT2D eigenvalue weighted by Crippen LogP contribution is 2.33. The van der Waals surface area contributed by atoms with Gasteiger partial charge >= 0.3 is 0 Å². The molecule has 0 radical (unpaired) electrons. The molecule has 0 aliphatic heterocycles. The molecule has 1 saturated carbocycles. The predicted octanol–water partition coefficient (Wildman–Crippen LogP) is 4.45. The standard InChI is InChI=1S/C16H20O/c1-3-5-14-6-4-7-15(14)12-13-8-10-16(17-2)11-9-13/h3,5,8-12,14H,4,6-7H2,1-2H3/b5-3+,15-12+. The van der Waals surface area contributed by atoms with E-state index >= 15 is 0 Å². The van der Waals surface area contributed by atoms with E-state index in [4.69, 9.17) is 4.74 Å². The summed E-state index contributed by atoms with van der Waals surface area (Å²) in [5, 5.41) is 0. The Kier molecular flexibility index (Phi) is 4.03. The zero-order chi connectivity index (χ0) is 12.1. The van der Waals surface area contributed by atoms with Gasteiger partial charge in [0, 0.05) is 0 Å². The lowest BCUT2D eigenvalue weighted by molar-refractivity contribution is 0.415. The minimum atomic E-state index is 0.655. The van der Waals surface area contributed by atoms with Crippen LogP contribution in [-0.4, -0.2) is 7.11 Å². The molecule has 1 fully saturated rings. The van der Waals surface area contributed by atoms with Gasteiger partial charge in [0.15, 0.2) is 0 Å². The van der Waals surface area contributed by atoms with Crippen LogP contribution in [0.5, 0.6) is 5.75 Å². The quantitative estimate of drug-likeness (QED) is 0.694. The lowest BCUT2D eigenvalue weighted by Crippen LogP contribution is -1.91. The smallest absolute Gasteiger partial charge is 0.118 e. The molecule has 1 aliphatic rings. The number of benzene rings is 1. The van der Waals surface area contributed by atoms with E-state index in [1.165, 1.54) is 24.8 Å². The van der Waals surface area contributed by atoms with Crippen LogP contribution in [0.25, 0.3) is 6.08 Å². The van der Waals surface area contributed by atoms with E-state index in [0.29, 0.717) is 5.92 Å². The lowest BCUT2D eigenvalue weighted by atomic mass is 10.00. The summed E-state index contributed by atoms with van der Waals surface area (Å²) in [6.45, 7) is 2.10. The summed E-state index contributed by atoms with van der Waals surface area (Å²) in [5.74, 6) is 1.57. The predicted molar refractivity (Wildman–Crippen MR) is 73.1 cm³/mol. The summed E-state index contributed by atoms with van der Waals surface area (Å²) in [7, 11) is 1.70. The van der Waals surface area contributed by atoms with Gasteiger partial charge in [0.25, 0.3) is 0 Å². The topological polar surface area (TPSA) is 9.23 Å². The van der Waals surface area contributed by atoms with Crippen LogP contribution in [0.2, 0.25) is 0 Å². The van der Waals surface area contributed by atoms with Crippen LogP contribution in [-0.2, 0) is 0 Å². The Morgan fingerprint density at radius 1 is 1.24 bits per heavy atom. The zero-order valence-corrected chi connectivity index (χ0v) is 10.6. The summed E-state index contributed by atoms with van der Waals surface area (Å²) in [5.41, 5.74) is 2.84. The second-order valence-electron chi connectivity index (χ2n) is 4.52. The molecule has 0 N–H and O–H groups in total. The molecule has 1 nitrogen and oxygen atoms in total. The number of hydrogen-bond acceptors (Lipinski definition) is 1. The molecule has 17 heavy (non-hydrogen) atoms. The molecule has 0 bridgehead atoms. The van der Waals surface area contributed by atoms with Crippen LogP contribution in [0, 0.1) is 5.92 Å². The van der Waals surface area contributed by atoms with E-state index in [9.17, 15) is 0 Å². The Balaban J connectivity index is 2.16. The Bertz CT molecular complexity index is 412. The third kappa shape index (κ3) is 3.00. The maximum Gasteiger partial charge on any atom is 0.118 e. The second-order valence-corrected chi connectivity index (χ2v) is 4.52. The van der Waals surface area contributed by atoms with Crippen molar-refractivity contribution in [2.24, 2.45) is 5.92 Å². The zero-order valence-electron chi connectivity index (χ0n) is 10.6. The number of rotatable bonds is 3. The van der Waals surface area contributed by atoms with Crippen LogP contribution in [0.15, 0.2) is 42.0 Å². The summed E-state index contributed by atoms with van der Waals surface area (Å²) in [4.78, 5) is 0. The summed E-state index contributed by atoms with van der Waals surface area (Å²) < 4.78 is 5.17. The molecule has 1 heteroatoms. The molecule has 0 amide bonds. The van der Waals surface area contributed by atoms with Crippen LogP contribution in [0.3, 0.4) is 0 Å². The monoisotopic (exact) mass is 228 g/mol. The largest absolute Gasteiger partial charge is 0.497 e. The van der Waals surface area contributed by atoms with Gasteiger partial charge in [-0.05, 0) is 49.8 Å². The fourth-order valence-electron chi connectivity index (χ4n) is 2.44. The highest BCUT2D eigenvalue weighted by molar-refractivity contribution is 5.55. The molecule has 1 aliphatic carbocycles. The molecule has 0 spiro atoms. The van der Waals surface area contributed by atoms with Gasteiger partial charge in [-0.2, -0.15) is 0 Å². The SMILES string of the molecule is C/C=C/C1CCC/C1=C\c1ccc(OC)cc1. The Hall–Kier alpha value is -1.50. The van der Waals surface area contributed by atoms with Crippen molar-refractivity contribution >= 4 is 6.08 Å². The van der Waals surface area contributed by atoms with E-state index in [-0.39, 0.29) is 0 Å². The third-order valence-corrected chi connectivity index (χ3v) is 3.35. The number of allylic oxidation sites excluding steroid dienone is 3. The molecular weight excluding hydrogens is 208 g/mol. The van der Waals surface area contributed by atoms with Crippen molar-refractivity contribution in [3.8, 4) is 5.75 Å². The van der Waals surface area contributed by atoms with Crippen LogP contribution < -0.4 is 4.74 Å². The average molecular weight is 228 g/mol. The minimum absolute atomic E-state index is 0.655. The van der Waals surface area contributed by atoms with Crippen LogP contribution in [0.4, 0.5) is 0 Å². The molecule has 0 aromatic heterocycles. The van der Waals surface area contributed by atoms with E-state index in [0.717, 1.165) is 5.75 Å². The summed E-state index contributed by atoms with van der Waals surface area (Å²) >= 11 is 0. The molecule has 1 aromatic carbocycles. The van der Waals surface area contributed by atoms with Crippen molar-refractivity contribution in [1.82, 2.24) is 0 Å². The van der Waals surface area contributed by atoms with Crippen molar-refractivity contribution in [1.29, 1.82) is 0 Å². The van der Waals surface area contributed by atoms with Crippen molar-refractivity contribution < 1.29 is 4.74 Å². The molecule has 0 heterocycles. The van der Waals surface area contributed by atoms with Gasteiger partial charge in [-0.3, -0.25) is 0 Å². The van der Waals surface area contributed by atoms with Crippen LogP contribution >= 0.6 is 0 Å². The fraction of sp³-hybridized carbons (Fsp3) is 0.375. The fourth-order valence-corrected chi connectivity index (χ4v) is 2.44. The molecule has 1 aromatic rings. The van der Waals surface area contributed by atoms with E-state index in [1.54, 1.807) is 12.7 Å². The lowest BCUT2D eigenvalue weighted by Gasteiger charge is -2.06. The molecule has 2 rings (SSSR count). The highest BCUT2D eigenvalue weighted by atomic mass is 16.5.